The number of nitrogens with two attached hydrogens (primary N) is 1. The highest BCUT2D eigenvalue weighted by Crippen LogP contribution is 2.39. The van der Waals surface area contributed by atoms with Crippen LogP contribution in [-0.4, -0.2) is 18.0 Å². The molecule has 0 aromatic heterocycles. The first-order valence-electron chi connectivity index (χ1n) is 6.25. The minimum absolute atomic E-state index is 0.174. The zero-order valence-electron chi connectivity index (χ0n) is 10.8. The van der Waals surface area contributed by atoms with Crippen LogP contribution in [0.3, 0.4) is 0 Å². The average Bonchev–Trinajstić information content (AvgIpc) is 3.12. The van der Waals surface area contributed by atoms with Crippen LogP contribution in [0.25, 0.3) is 0 Å². The van der Waals surface area contributed by atoms with Gasteiger partial charge in [-0.3, -0.25) is 4.79 Å². The van der Waals surface area contributed by atoms with Crippen molar-refractivity contribution in [2.75, 3.05) is 6.54 Å². The second-order valence-electron chi connectivity index (χ2n) is 5.31. The second kappa shape index (κ2) is 4.69. The summed E-state index contributed by atoms with van der Waals surface area (Å²) in [6.07, 6.45) is 2.22. The molecule has 1 aromatic carbocycles. The van der Waals surface area contributed by atoms with Crippen molar-refractivity contribution in [2.24, 2.45) is 11.7 Å². The molecule has 0 bridgehead atoms. The van der Waals surface area contributed by atoms with E-state index in [1.807, 2.05) is 6.92 Å². The van der Waals surface area contributed by atoms with E-state index in [9.17, 15) is 9.18 Å². The first kappa shape index (κ1) is 13.0. The fourth-order valence-corrected chi connectivity index (χ4v) is 2.25. The lowest BCUT2D eigenvalue weighted by molar-refractivity contribution is 0.0897. The zero-order chi connectivity index (χ0) is 13.3. The van der Waals surface area contributed by atoms with Crippen LogP contribution in [0.1, 0.15) is 35.7 Å². The summed E-state index contributed by atoms with van der Waals surface area (Å²) < 4.78 is 13.0. The van der Waals surface area contributed by atoms with Crippen molar-refractivity contribution < 1.29 is 9.18 Å². The molecule has 2 rings (SSSR count). The molecular weight excluding hydrogens is 231 g/mol. The number of hydrogen-bond acceptors (Lipinski definition) is 2. The van der Waals surface area contributed by atoms with E-state index in [1.165, 1.54) is 18.2 Å². The highest BCUT2D eigenvalue weighted by atomic mass is 19.1. The lowest BCUT2D eigenvalue weighted by Crippen LogP contribution is -2.53. The smallest absolute Gasteiger partial charge is 0.252 e. The lowest BCUT2D eigenvalue weighted by atomic mass is 9.95. The van der Waals surface area contributed by atoms with Gasteiger partial charge in [0.15, 0.2) is 0 Å². The predicted molar refractivity (Wildman–Crippen MR) is 68.8 cm³/mol. The van der Waals surface area contributed by atoms with Crippen molar-refractivity contribution in [3.05, 3.63) is 35.1 Å². The number of carbonyl (C=O) groups excluding carboxylic acids is 1. The topological polar surface area (TPSA) is 55.1 Å². The molecule has 0 heterocycles. The molecule has 1 aliphatic rings. The Balaban J connectivity index is 2.16. The summed E-state index contributed by atoms with van der Waals surface area (Å²) in [6.45, 7) is 4.12. The Hall–Kier alpha value is -1.42. The standard InChI is InChI=1S/C14H19FN2O/c1-9-7-11(15)5-6-12(9)13(18)17-14(2,8-16)10-3-4-10/h5-7,10H,3-4,8,16H2,1-2H3,(H,17,18). The fraction of sp³-hybridized carbons (Fsp3) is 0.500. The van der Waals surface area contributed by atoms with Gasteiger partial charge in [0, 0.05) is 12.1 Å². The van der Waals surface area contributed by atoms with Crippen molar-refractivity contribution in [1.29, 1.82) is 0 Å². The summed E-state index contributed by atoms with van der Waals surface area (Å²) in [4.78, 5) is 12.2. The first-order chi connectivity index (χ1) is 8.46. The van der Waals surface area contributed by atoms with Gasteiger partial charge in [0.2, 0.25) is 0 Å². The normalized spacial score (nSPS) is 18.2. The molecule has 1 fully saturated rings. The van der Waals surface area contributed by atoms with Gasteiger partial charge in [0.05, 0.1) is 5.54 Å². The number of carbonyl (C=O) groups is 1. The quantitative estimate of drug-likeness (QED) is 0.858. The molecule has 4 heteroatoms. The maximum atomic E-state index is 13.0. The van der Waals surface area contributed by atoms with Crippen LogP contribution in [0.2, 0.25) is 0 Å². The molecule has 98 valence electrons. The van der Waals surface area contributed by atoms with E-state index >= 15 is 0 Å². The van der Waals surface area contributed by atoms with Gasteiger partial charge < -0.3 is 11.1 Å². The third-order valence-electron chi connectivity index (χ3n) is 3.73. The molecule has 0 radical (unpaired) electrons. The second-order valence-corrected chi connectivity index (χ2v) is 5.31. The van der Waals surface area contributed by atoms with Gasteiger partial charge in [0.1, 0.15) is 5.82 Å². The van der Waals surface area contributed by atoms with E-state index in [-0.39, 0.29) is 17.3 Å². The number of rotatable bonds is 4. The Morgan fingerprint density at radius 1 is 1.56 bits per heavy atom. The van der Waals surface area contributed by atoms with E-state index in [0.29, 0.717) is 23.6 Å². The Morgan fingerprint density at radius 2 is 2.22 bits per heavy atom. The Labute approximate surface area is 107 Å². The van der Waals surface area contributed by atoms with Gasteiger partial charge >= 0.3 is 0 Å². The summed E-state index contributed by atoms with van der Waals surface area (Å²) in [5.74, 6) is -0.0348. The summed E-state index contributed by atoms with van der Waals surface area (Å²) in [6, 6.07) is 4.19. The van der Waals surface area contributed by atoms with Crippen LogP contribution in [-0.2, 0) is 0 Å². The molecule has 0 saturated heterocycles. The predicted octanol–water partition coefficient (Wildman–Crippen LogP) is 1.99. The van der Waals surface area contributed by atoms with Crippen molar-refractivity contribution in [1.82, 2.24) is 5.32 Å². The third kappa shape index (κ3) is 2.53. The van der Waals surface area contributed by atoms with E-state index in [4.69, 9.17) is 5.73 Å². The van der Waals surface area contributed by atoms with Crippen LogP contribution in [0, 0.1) is 18.7 Å². The van der Waals surface area contributed by atoms with Gasteiger partial charge in [-0.2, -0.15) is 0 Å². The van der Waals surface area contributed by atoms with Gasteiger partial charge in [-0.05, 0) is 56.4 Å². The Morgan fingerprint density at radius 3 is 2.72 bits per heavy atom. The molecule has 0 aliphatic heterocycles. The monoisotopic (exact) mass is 250 g/mol. The molecule has 1 aromatic rings. The maximum absolute atomic E-state index is 13.0. The van der Waals surface area contributed by atoms with Crippen LogP contribution in [0.4, 0.5) is 4.39 Å². The molecule has 3 nitrogen and oxygen atoms in total. The molecule has 1 aliphatic carbocycles. The van der Waals surface area contributed by atoms with Crippen LogP contribution in [0.5, 0.6) is 0 Å². The maximum Gasteiger partial charge on any atom is 0.252 e. The minimum Gasteiger partial charge on any atom is -0.345 e. The largest absolute Gasteiger partial charge is 0.345 e. The molecule has 3 N–H and O–H groups in total. The minimum atomic E-state index is -0.349. The van der Waals surface area contributed by atoms with E-state index < -0.39 is 0 Å². The number of amides is 1. The lowest BCUT2D eigenvalue weighted by Gasteiger charge is -2.29. The van der Waals surface area contributed by atoms with Crippen molar-refractivity contribution in [3.63, 3.8) is 0 Å². The molecule has 1 atom stereocenters. The number of nitrogens with one attached hydrogen (secondary N) is 1. The molecule has 18 heavy (non-hydrogen) atoms. The molecular formula is C14H19FN2O. The highest BCUT2D eigenvalue weighted by Gasteiger charge is 2.41. The van der Waals surface area contributed by atoms with Crippen molar-refractivity contribution >= 4 is 5.91 Å². The Kier molecular flexibility index (Phi) is 3.39. The van der Waals surface area contributed by atoms with Gasteiger partial charge in [0.25, 0.3) is 5.91 Å². The molecule has 1 unspecified atom stereocenters. The van der Waals surface area contributed by atoms with Crippen LogP contribution in [0.15, 0.2) is 18.2 Å². The summed E-state index contributed by atoms with van der Waals surface area (Å²) in [7, 11) is 0. The molecule has 1 saturated carbocycles. The van der Waals surface area contributed by atoms with E-state index in [2.05, 4.69) is 5.32 Å². The first-order valence-corrected chi connectivity index (χ1v) is 6.25. The SMILES string of the molecule is Cc1cc(F)ccc1C(=O)NC(C)(CN)C1CC1. The van der Waals surface area contributed by atoms with E-state index in [0.717, 1.165) is 12.8 Å². The number of halogens is 1. The third-order valence-corrected chi connectivity index (χ3v) is 3.73. The summed E-state index contributed by atoms with van der Waals surface area (Å²) in [5, 5.41) is 3.00. The van der Waals surface area contributed by atoms with Gasteiger partial charge in [-0.1, -0.05) is 0 Å². The molecule has 1 amide bonds. The van der Waals surface area contributed by atoms with Crippen LogP contribution >= 0.6 is 0 Å². The highest BCUT2D eigenvalue weighted by molar-refractivity contribution is 5.96. The molecule has 0 spiro atoms. The Bertz CT molecular complexity index is 471. The van der Waals surface area contributed by atoms with Crippen LogP contribution < -0.4 is 11.1 Å². The fourth-order valence-electron chi connectivity index (χ4n) is 2.25. The van der Waals surface area contributed by atoms with Gasteiger partial charge in [-0.15, -0.1) is 0 Å². The number of hydrogen-bond donors (Lipinski definition) is 2. The number of benzene rings is 1. The van der Waals surface area contributed by atoms with Crippen molar-refractivity contribution in [3.8, 4) is 0 Å². The summed E-state index contributed by atoms with van der Waals surface area (Å²) >= 11 is 0. The zero-order valence-corrected chi connectivity index (χ0v) is 10.8. The average molecular weight is 250 g/mol. The number of aryl methyl sites for hydroxylation is 1. The van der Waals surface area contributed by atoms with Crippen molar-refractivity contribution in [2.45, 2.75) is 32.2 Å². The van der Waals surface area contributed by atoms with Gasteiger partial charge in [-0.25, -0.2) is 4.39 Å². The summed E-state index contributed by atoms with van der Waals surface area (Å²) in [5.41, 5.74) is 6.56. The van der Waals surface area contributed by atoms with E-state index in [1.54, 1.807) is 6.92 Å².